The lowest BCUT2D eigenvalue weighted by atomic mass is 9.87. The molecule has 37 heavy (non-hydrogen) atoms. The van der Waals surface area contributed by atoms with Crippen molar-refractivity contribution in [3.8, 4) is 16.9 Å². The lowest BCUT2D eigenvalue weighted by Gasteiger charge is -2.28. The number of nitrogens with one attached hydrogen (secondary N) is 3. The highest BCUT2D eigenvalue weighted by Crippen LogP contribution is 2.38. The van der Waals surface area contributed by atoms with Crippen molar-refractivity contribution >= 4 is 22.0 Å². The van der Waals surface area contributed by atoms with E-state index in [0.717, 1.165) is 5.56 Å². The molecule has 192 valence electrons. The maximum absolute atomic E-state index is 14.0. The van der Waals surface area contributed by atoms with Crippen molar-refractivity contribution in [1.82, 2.24) is 15.4 Å². The largest absolute Gasteiger partial charge is 0.488 e. The first-order valence-electron chi connectivity index (χ1n) is 12.0. The summed E-state index contributed by atoms with van der Waals surface area (Å²) in [6.07, 6.45) is 1.80. The van der Waals surface area contributed by atoms with Gasteiger partial charge in [0.15, 0.2) is 0 Å². The van der Waals surface area contributed by atoms with E-state index in [4.69, 9.17) is 4.74 Å². The third-order valence-electron chi connectivity index (χ3n) is 6.97. The van der Waals surface area contributed by atoms with E-state index >= 15 is 0 Å². The van der Waals surface area contributed by atoms with Crippen molar-refractivity contribution in [1.29, 1.82) is 0 Å². The number of benzene rings is 3. The number of ether oxygens (including phenoxy) is 1. The van der Waals surface area contributed by atoms with Crippen LogP contribution in [0.2, 0.25) is 0 Å². The van der Waals surface area contributed by atoms with Crippen LogP contribution in [0.25, 0.3) is 11.1 Å². The number of carbonyl (C=O) groups is 2. The molecular formula is C27H26FN3O5S. The molecule has 8 nitrogen and oxygen atoms in total. The Bertz CT molecular complexity index is 1430. The number of hydrogen-bond acceptors (Lipinski definition) is 5. The van der Waals surface area contributed by atoms with Gasteiger partial charge in [-0.1, -0.05) is 48.9 Å². The first kappa shape index (κ1) is 24.9. The lowest BCUT2D eigenvalue weighted by Crippen LogP contribution is -2.53. The Morgan fingerprint density at radius 2 is 1.78 bits per heavy atom. The van der Waals surface area contributed by atoms with E-state index in [1.807, 2.05) is 30.3 Å². The van der Waals surface area contributed by atoms with Crippen LogP contribution < -0.4 is 20.1 Å². The van der Waals surface area contributed by atoms with Crippen LogP contribution in [-0.2, 0) is 21.4 Å². The third kappa shape index (κ3) is 5.07. The van der Waals surface area contributed by atoms with E-state index in [9.17, 15) is 22.4 Å². The molecule has 2 unspecified atom stereocenters. The fraction of sp³-hybridized carbons (Fsp3) is 0.259. The normalized spacial score (nSPS) is 21.2. The second kappa shape index (κ2) is 9.95. The predicted molar refractivity (Wildman–Crippen MR) is 135 cm³/mol. The smallest absolute Gasteiger partial charge is 0.322 e. The number of sulfonamides is 1. The Morgan fingerprint density at radius 3 is 2.49 bits per heavy atom. The molecule has 5 rings (SSSR count). The van der Waals surface area contributed by atoms with Gasteiger partial charge in [0.2, 0.25) is 10.0 Å². The van der Waals surface area contributed by atoms with Gasteiger partial charge in [-0.3, -0.25) is 10.1 Å². The summed E-state index contributed by atoms with van der Waals surface area (Å²) in [7, 11) is -3.87. The lowest BCUT2D eigenvalue weighted by molar-refractivity contribution is -0.125. The van der Waals surface area contributed by atoms with E-state index < -0.39 is 33.3 Å². The number of rotatable bonds is 8. The number of amides is 3. The molecule has 1 spiro atoms. The van der Waals surface area contributed by atoms with Gasteiger partial charge in [-0.05, 0) is 48.2 Å². The summed E-state index contributed by atoms with van der Waals surface area (Å²) in [4.78, 5) is 24.1. The molecule has 10 heteroatoms. The summed E-state index contributed by atoms with van der Waals surface area (Å²) in [5, 5.41) is 4.94. The van der Waals surface area contributed by atoms with Crippen LogP contribution in [0, 0.1) is 11.7 Å². The van der Waals surface area contributed by atoms with Gasteiger partial charge in [0.1, 0.15) is 23.7 Å². The van der Waals surface area contributed by atoms with Crippen molar-refractivity contribution in [2.45, 2.75) is 36.3 Å². The highest BCUT2D eigenvalue weighted by Gasteiger charge is 2.54. The summed E-state index contributed by atoms with van der Waals surface area (Å²) < 4.78 is 48.4. The standard InChI is InChI=1S/C27H26FN3O5S/c28-21-10-13-23(24(15-21)36-17-18-5-2-1-3-6-18)19-8-11-22(12-9-19)37(34,35)29-16-20-7-4-14-27(20)25(32)30-26(33)31-27/h1-3,5-6,8-13,15,20,29H,4,7,14,16-17H2,(H2,30,31,32,33). The molecule has 0 bridgehead atoms. The average Bonchev–Trinajstić information content (AvgIpc) is 3.43. The predicted octanol–water partition coefficient (Wildman–Crippen LogP) is 3.73. The zero-order chi connectivity index (χ0) is 26.0. The summed E-state index contributed by atoms with van der Waals surface area (Å²) in [5.74, 6) is -0.849. The highest BCUT2D eigenvalue weighted by molar-refractivity contribution is 7.89. The Kier molecular flexibility index (Phi) is 6.70. The van der Waals surface area contributed by atoms with E-state index in [0.29, 0.717) is 36.1 Å². The Labute approximate surface area is 214 Å². The number of imide groups is 1. The number of urea groups is 1. The van der Waals surface area contributed by atoms with Crippen LogP contribution >= 0.6 is 0 Å². The van der Waals surface area contributed by atoms with Gasteiger partial charge >= 0.3 is 6.03 Å². The van der Waals surface area contributed by atoms with Crippen LogP contribution in [0.15, 0.2) is 77.7 Å². The third-order valence-corrected chi connectivity index (χ3v) is 8.41. The average molecular weight is 524 g/mol. The molecular weight excluding hydrogens is 497 g/mol. The first-order chi connectivity index (χ1) is 17.8. The van der Waals surface area contributed by atoms with Crippen LogP contribution in [0.3, 0.4) is 0 Å². The molecule has 3 aromatic carbocycles. The Hall–Kier alpha value is -3.76. The van der Waals surface area contributed by atoms with Crippen molar-refractivity contribution in [3.05, 3.63) is 84.2 Å². The molecule has 2 fully saturated rings. The van der Waals surface area contributed by atoms with E-state index in [-0.39, 0.29) is 24.0 Å². The van der Waals surface area contributed by atoms with Gasteiger partial charge in [-0.2, -0.15) is 0 Å². The van der Waals surface area contributed by atoms with Gasteiger partial charge in [0.25, 0.3) is 5.91 Å². The minimum atomic E-state index is -3.87. The zero-order valence-corrected chi connectivity index (χ0v) is 20.7. The highest BCUT2D eigenvalue weighted by atomic mass is 32.2. The van der Waals surface area contributed by atoms with Gasteiger partial charge in [-0.25, -0.2) is 22.3 Å². The molecule has 0 aromatic heterocycles. The maximum atomic E-state index is 14.0. The molecule has 1 aliphatic carbocycles. The van der Waals surface area contributed by atoms with Gasteiger partial charge in [-0.15, -0.1) is 0 Å². The van der Waals surface area contributed by atoms with Crippen LogP contribution in [0.5, 0.6) is 5.75 Å². The van der Waals surface area contributed by atoms with Gasteiger partial charge in [0.05, 0.1) is 4.90 Å². The summed E-state index contributed by atoms with van der Waals surface area (Å²) >= 11 is 0. The number of halogens is 1. The minimum Gasteiger partial charge on any atom is -0.488 e. The summed E-state index contributed by atoms with van der Waals surface area (Å²) in [6, 6.07) is 19.4. The fourth-order valence-electron chi connectivity index (χ4n) is 5.02. The maximum Gasteiger partial charge on any atom is 0.322 e. The SMILES string of the molecule is O=C1NC(=O)C2(CCCC2CNS(=O)(=O)c2ccc(-c3ccc(F)cc3OCc3ccccc3)cc2)N1. The van der Waals surface area contributed by atoms with Gasteiger partial charge < -0.3 is 10.1 Å². The van der Waals surface area contributed by atoms with Crippen molar-refractivity contribution in [2.24, 2.45) is 5.92 Å². The van der Waals surface area contributed by atoms with E-state index in [1.165, 1.54) is 24.3 Å². The summed E-state index contributed by atoms with van der Waals surface area (Å²) in [5.41, 5.74) is 1.17. The molecule has 1 heterocycles. The fourth-order valence-corrected chi connectivity index (χ4v) is 6.10. The van der Waals surface area contributed by atoms with E-state index in [2.05, 4.69) is 15.4 Å². The van der Waals surface area contributed by atoms with E-state index in [1.54, 1.807) is 18.2 Å². The molecule has 3 aromatic rings. The van der Waals surface area contributed by atoms with Crippen LogP contribution in [0.1, 0.15) is 24.8 Å². The molecule has 3 amide bonds. The second-order valence-corrected chi connectivity index (χ2v) is 11.0. The molecule has 2 aliphatic rings. The van der Waals surface area contributed by atoms with Crippen molar-refractivity contribution < 1.29 is 27.1 Å². The number of carbonyl (C=O) groups excluding carboxylic acids is 2. The minimum absolute atomic E-state index is 0.0211. The quantitative estimate of drug-likeness (QED) is 0.390. The molecule has 1 saturated carbocycles. The molecule has 0 radical (unpaired) electrons. The molecule has 2 atom stereocenters. The second-order valence-electron chi connectivity index (χ2n) is 9.26. The monoisotopic (exact) mass is 523 g/mol. The Balaban J connectivity index is 1.30. The zero-order valence-electron chi connectivity index (χ0n) is 19.9. The van der Waals surface area contributed by atoms with Crippen molar-refractivity contribution in [3.63, 3.8) is 0 Å². The molecule has 1 saturated heterocycles. The van der Waals surface area contributed by atoms with Gasteiger partial charge in [0, 0.05) is 24.1 Å². The van der Waals surface area contributed by atoms with Crippen LogP contribution in [-0.4, -0.2) is 32.4 Å². The summed E-state index contributed by atoms with van der Waals surface area (Å²) in [6.45, 7) is 0.280. The van der Waals surface area contributed by atoms with Crippen molar-refractivity contribution in [2.75, 3.05) is 6.54 Å². The Morgan fingerprint density at radius 1 is 1.03 bits per heavy atom. The molecule has 3 N–H and O–H groups in total. The number of hydrogen-bond donors (Lipinski definition) is 3. The first-order valence-corrected chi connectivity index (χ1v) is 13.5. The molecule has 1 aliphatic heterocycles. The topological polar surface area (TPSA) is 114 Å². The van der Waals surface area contributed by atoms with Crippen LogP contribution in [0.4, 0.5) is 9.18 Å².